The Morgan fingerprint density at radius 2 is 1.82 bits per heavy atom. The van der Waals surface area contributed by atoms with Crippen LogP contribution in [-0.2, 0) is 11.3 Å². The number of nitrogens with zero attached hydrogens (tertiary/aromatic N) is 2. The molecule has 2 amide bonds. The van der Waals surface area contributed by atoms with Crippen LogP contribution >= 0.6 is 11.8 Å². The minimum absolute atomic E-state index is 0.0218. The molecule has 1 aliphatic rings. The minimum Gasteiger partial charge on any atom is -0.502 e. The number of rotatable bonds is 5. The highest BCUT2D eigenvalue weighted by Crippen LogP contribution is 2.39. The maximum absolute atomic E-state index is 12.7. The van der Waals surface area contributed by atoms with Gasteiger partial charge in [-0.05, 0) is 47.2 Å². The van der Waals surface area contributed by atoms with Crippen molar-refractivity contribution < 1.29 is 24.2 Å². The van der Waals surface area contributed by atoms with Gasteiger partial charge in [-0.25, -0.2) is 0 Å². The van der Waals surface area contributed by atoms with Crippen LogP contribution in [-0.4, -0.2) is 35.4 Å². The summed E-state index contributed by atoms with van der Waals surface area (Å²) in [6, 6.07) is 12.0. The van der Waals surface area contributed by atoms with Crippen molar-refractivity contribution in [3.05, 3.63) is 58.0 Å². The summed E-state index contributed by atoms with van der Waals surface area (Å²) in [6.45, 7) is 0.0218. The van der Waals surface area contributed by atoms with Gasteiger partial charge in [-0.15, -0.1) is 0 Å². The van der Waals surface area contributed by atoms with Crippen LogP contribution < -0.4 is 9.47 Å². The van der Waals surface area contributed by atoms with Crippen molar-refractivity contribution in [2.75, 3.05) is 14.2 Å². The molecule has 0 atom stereocenters. The van der Waals surface area contributed by atoms with Gasteiger partial charge in [0.2, 0.25) is 5.75 Å². The first-order valence-corrected chi connectivity index (χ1v) is 8.98. The highest BCUT2D eigenvalue weighted by Gasteiger charge is 2.35. The number of benzene rings is 2. The van der Waals surface area contributed by atoms with Crippen molar-refractivity contribution in [2.24, 2.45) is 0 Å². The third kappa shape index (κ3) is 3.66. The molecule has 3 rings (SSSR count). The fraction of sp³-hybridized carbons (Fsp3) is 0.150. The lowest BCUT2D eigenvalue weighted by molar-refractivity contribution is -0.123. The van der Waals surface area contributed by atoms with Gasteiger partial charge in [-0.1, -0.05) is 18.2 Å². The number of amides is 2. The minimum atomic E-state index is -0.450. The summed E-state index contributed by atoms with van der Waals surface area (Å²) < 4.78 is 10.2. The van der Waals surface area contributed by atoms with E-state index in [1.807, 2.05) is 0 Å². The van der Waals surface area contributed by atoms with Crippen molar-refractivity contribution in [1.29, 1.82) is 5.26 Å². The number of ether oxygens (including phenoxy) is 2. The van der Waals surface area contributed by atoms with Crippen LogP contribution in [0.1, 0.15) is 16.7 Å². The van der Waals surface area contributed by atoms with Crippen molar-refractivity contribution in [3.8, 4) is 23.3 Å². The highest BCUT2D eigenvalue weighted by molar-refractivity contribution is 8.18. The maximum Gasteiger partial charge on any atom is 0.293 e. The molecule has 1 N–H and O–H groups in total. The zero-order valence-corrected chi connectivity index (χ0v) is 15.9. The predicted octanol–water partition coefficient (Wildman–Crippen LogP) is 3.52. The number of hydrogen-bond acceptors (Lipinski definition) is 7. The molecular formula is C20H16N2O5S. The first-order valence-electron chi connectivity index (χ1n) is 8.16. The van der Waals surface area contributed by atoms with Crippen LogP contribution in [0.5, 0.6) is 17.2 Å². The van der Waals surface area contributed by atoms with E-state index in [-0.39, 0.29) is 28.7 Å². The van der Waals surface area contributed by atoms with Gasteiger partial charge in [-0.2, -0.15) is 5.26 Å². The van der Waals surface area contributed by atoms with E-state index in [9.17, 15) is 20.0 Å². The number of methoxy groups -OCH3 is 2. The van der Waals surface area contributed by atoms with Crippen molar-refractivity contribution in [1.82, 2.24) is 4.90 Å². The first kappa shape index (κ1) is 19.3. The summed E-state index contributed by atoms with van der Waals surface area (Å²) in [5.74, 6) is -0.224. The van der Waals surface area contributed by atoms with Crippen LogP contribution in [0, 0.1) is 11.3 Å². The third-order valence-electron chi connectivity index (χ3n) is 4.14. The lowest BCUT2D eigenvalue weighted by Crippen LogP contribution is -2.27. The van der Waals surface area contributed by atoms with E-state index in [4.69, 9.17) is 9.47 Å². The topological polar surface area (TPSA) is 99.9 Å². The predicted molar refractivity (Wildman–Crippen MR) is 104 cm³/mol. The van der Waals surface area contributed by atoms with Crippen LogP contribution in [0.2, 0.25) is 0 Å². The molecule has 1 aliphatic heterocycles. The molecule has 0 radical (unpaired) electrons. The van der Waals surface area contributed by atoms with E-state index >= 15 is 0 Å². The lowest BCUT2D eigenvalue weighted by Gasteiger charge is -2.13. The normalized spacial score (nSPS) is 15.0. The molecular weight excluding hydrogens is 380 g/mol. The van der Waals surface area contributed by atoms with Crippen LogP contribution in [0.25, 0.3) is 6.08 Å². The Morgan fingerprint density at radius 1 is 1.18 bits per heavy atom. The molecule has 1 heterocycles. The van der Waals surface area contributed by atoms with Gasteiger partial charge < -0.3 is 14.6 Å². The number of aromatic hydroxyl groups is 1. The van der Waals surface area contributed by atoms with E-state index in [1.54, 1.807) is 24.3 Å². The largest absolute Gasteiger partial charge is 0.502 e. The SMILES string of the molecule is COc1cc(/C=C2/SC(=O)N(Cc3ccccc3C#N)C2=O)cc(OC)c1O. The summed E-state index contributed by atoms with van der Waals surface area (Å²) in [5.41, 5.74) is 1.55. The molecule has 0 spiro atoms. The van der Waals surface area contributed by atoms with Crippen molar-refractivity contribution in [2.45, 2.75) is 6.54 Å². The van der Waals surface area contributed by atoms with Gasteiger partial charge in [0, 0.05) is 0 Å². The van der Waals surface area contributed by atoms with Gasteiger partial charge in [0.05, 0.1) is 37.3 Å². The number of imide groups is 1. The Balaban J connectivity index is 1.90. The van der Waals surface area contributed by atoms with Crippen LogP contribution in [0.15, 0.2) is 41.3 Å². The zero-order valence-electron chi connectivity index (χ0n) is 15.1. The molecule has 0 saturated carbocycles. The van der Waals surface area contributed by atoms with Gasteiger partial charge >= 0.3 is 0 Å². The molecule has 1 fully saturated rings. The van der Waals surface area contributed by atoms with Crippen molar-refractivity contribution >= 4 is 29.0 Å². The fourth-order valence-electron chi connectivity index (χ4n) is 2.72. The van der Waals surface area contributed by atoms with E-state index in [2.05, 4.69) is 6.07 Å². The summed E-state index contributed by atoms with van der Waals surface area (Å²) in [4.78, 5) is 26.4. The molecule has 2 aromatic carbocycles. The lowest BCUT2D eigenvalue weighted by atomic mass is 10.1. The Labute approximate surface area is 165 Å². The summed E-state index contributed by atoms with van der Waals surface area (Å²) in [5, 5.41) is 18.8. The Morgan fingerprint density at radius 3 is 2.43 bits per heavy atom. The Bertz CT molecular complexity index is 1000. The number of thioether (sulfide) groups is 1. The number of phenols is 1. The Kier molecular flexibility index (Phi) is 5.57. The fourth-order valence-corrected chi connectivity index (χ4v) is 3.56. The highest BCUT2D eigenvalue weighted by atomic mass is 32.2. The monoisotopic (exact) mass is 396 g/mol. The van der Waals surface area contributed by atoms with Gasteiger partial charge in [-0.3, -0.25) is 14.5 Å². The second-order valence-corrected chi connectivity index (χ2v) is 6.80. The summed E-state index contributed by atoms with van der Waals surface area (Å²) >= 11 is 0.812. The van der Waals surface area contributed by atoms with Crippen molar-refractivity contribution in [3.63, 3.8) is 0 Å². The molecule has 28 heavy (non-hydrogen) atoms. The third-order valence-corrected chi connectivity index (χ3v) is 5.05. The molecule has 0 aromatic heterocycles. The molecule has 0 aliphatic carbocycles. The second kappa shape index (κ2) is 8.06. The number of phenolic OH excluding ortho intramolecular Hbond substituents is 1. The van der Waals surface area contributed by atoms with E-state index < -0.39 is 11.1 Å². The Hall–Kier alpha value is -3.44. The molecule has 2 aromatic rings. The van der Waals surface area contributed by atoms with Crippen LogP contribution in [0.4, 0.5) is 4.79 Å². The van der Waals surface area contributed by atoms with Gasteiger partial charge in [0.1, 0.15) is 0 Å². The first-order chi connectivity index (χ1) is 13.5. The van der Waals surface area contributed by atoms with Gasteiger partial charge in [0.25, 0.3) is 11.1 Å². The average molecular weight is 396 g/mol. The smallest absolute Gasteiger partial charge is 0.293 e. The average Bonchev–Trinajstić information content (AvgIpc) is 2.96. The van der Waals surface area contributed by atoms with Gasteiger partial charge in [0.15, 0.2) is 11.5 Å². The molecule has 0 unspecified atom stereocenters. The summed E-state index contributed by atoms with van der Waals surface area (Å²) in [6.07, 6.45) is 1.53. The maximum atomic E-state index is 12.7. The number of carbonyl (C=O) groups excluding carboxylic acids is 2. The van der Waals surface area contributed by atoms with Crippen LogP contribution in [0.3, 0.4) is 0 Å². The quantitative estimate of drug-likeness (QED) is 0.772. The number of nitriles is 1. The molecule has 1 saturated heterocycles. The second-order valence-electron chi connectivity index (χ2n) is 5.81. The standard InChI is InChI=1S/C20H16N2O5S/c1-26-15-7-12(8-16(27-2)18(15)23)9-17-19(24)22(20(25)28-17)11-14-6-4-3-5-13(14)10-21/h3-9,23H,11H2,1-2H3/b17-9+. The molecule has 0 bridgehead atoms. The zero-order chi connectivity index (χ0) is 20.3. The molecule has 7 nitrogen and oxygen atoms in total. The van der Waals surface area contributed by atoms with E-state index in [0.717, 1.165) is 16.7 Å². The summed E-state index contributed by atoms with van der Waals surface area (Å²) in [7, 11) is 2.80. The molecule has 8 heteroatoms. The number of hydrogen-bond donors (Lipinski definition) is 1. The van der Waals surface area contributed by atoms with E-state index in [0.29, 0.717) is 16.7 Å². The number of carbonyl (C=O) groups is 2. The molecule has 142 valence electrons. The van der Waals surface area contributed by atoms with E-state index in [1.165, 1.54) is 32.4 Å².